The Hall–Kier alpha value is -4.51. The summed E-state index contributed by atoms with van der Waals surface area (Å²) in [5, 5.41) is 10.5. The number of ether oxygens (including phenoxy) is 2. The molecule has 6 heterocycles. The van der Waals surface area contributed by atoms with Gasteiger partial charge in [-0.3, -0.25) is 4.90 Å². The molecule has 48 heavy (non-hydrogen) atoms. The molecule has 2 fully saturated rings. The molecule has 0 aliphatic carbocycles. The van der Waals surface area contributed by atoms with E-state index in [1.54, 1.807) is 12.3 Å². The first-order valence-electron chi connectivity index (χ1n) is 15.7. The fraction of sp³-hybridized carbons (Fsp3) is 0.353. The number of anilines is 3. The summed E-state index contributed by atoms with van der Waals surface area (Å²) in [6, 6.07) is 8.53. The maximum atomic E-state index is 17.2. The molecule has 0 spiro atoms. The number of nitrogens with zero attached hydrogens (tertiary/aromatic N) is 6. The van der Waals surface area contributed by atoms with Gasteiger partial charge in [0.2, 0.25) is 0 Å². The average molecular weight is 689 g/mol. The molecule has 5 aromatic rings. The van der Waals surface area contributed by atoms with Crippen molar-refractivity contribution in [3.8, 4) is 29.0 Å². The van der Waals surface area contributed by atoms with Crippen molar-refractivity contribution in [3.63, 3.8) is 0 Å². The summed E-state index contributed by atoms with van der Waals surface area (Å²) in [6.45, 7) is 2.82. The molecule has 8 rings (SSSR count). The Bertz CT molecular complexity index is 2180. The number of hydrogen-bond acceptors (Lipinski definition) is 11. The molecule has 2 bridgehead atoms. The largest absolute Gasteiger partial charge is 0.489 e. The van der Waals surface area contributed by atoms with Crippen LogP contribution in [0, 0.1) is 23.0 Å². The molecule has 0 saturated carbocycles. The van der Waals surface area contributed by atoms with Crippen LogP contribution in [-0.2, 0) is 0 Å². The standard InChI is InChI=1S/C34H31ClF2N8O2S/c1-16(18-4-3-11-41-30(18)39)45-12-13-46-28-24-27(42-33(43-32(24)45)47-15-34-9-7-17(8-10-34)44(34)2)26(37)23(25(28)35)19-5-6-21(36)29-22(19)20(14-38)31(40)48-29/h3-6,11,16-17H,7-10,12-13,15,40H2,1-2H3,(H2,39,41)/t16-,17?,34?/m1/s1. The number of nitriles is 1. The highest BCUT2D eigenvalue weighted by atomic mass is 35.5. The van der Waals surface area contributed by atoms with Crippen LogP contribution < -0.4 is 25.8 Å². The summed E-state index contributed by atoms with van der Waals surface area (Å²) in [4.78, 5) is 18.2. The van der Waals surface area contributed by atoms with Crippen LogP contribution in [0.5, 0.6) is 11.8 Å². The van der Waals surface area contributed by atoms with Gasteiger partial charge in [-0.05, 0) is 57.4 Å². The topological polar surface area (TPSA) is 139 Å². The molecule has 0 amide bonds. The van der Waals surface area contributed by atoms with E-state index in [9.17, 15) is 5.26 Å². The van der Waals surface area contributed by atoms with Crippen molar-refractivity contribution in [3.05, 3.63) is 58.2 Å². The number of fused-ring (bicyclic) bond motifs is 3. The molecule has 3 aliphatic heterocycles. The van der Waals surface area contributed by atoms with Crippen LogP contribution in [-0.4, -0.2) is 58.2 Å². The van der Waals surface area contributed by atoms with Crippen LogP contribution >= 0.6 is 22.9 Å². The summed E-state index contributed by atoms with van der Waals surface area (Å²) in [7, 11) is 2.12. The Morgan fingerprint density at radius 1 is 1.21 bits per heavy atom. The summed E-state index contributed by atoms with van der Waals surface area (Å²) in [5.41, 5.74) is 13.1. The molecular weight excluding hydrogens is 658 g/mol. The maximum absolute atomic E-state index is 17.2. The predicted molar refractivity (Wildman–Crippen MR) is 183 cm³/mol. The monoisotopic (exact) mass is 688 g/mol. The second-order valence-electron chi connectivity index (χ2n) is 12.7. The van der Waals surface area contributed by atoms with E-state index in [2.05, 4.69) is 21.9 Å². The van der Waals surface area contributed by atoms with Crippen LogP contribution in [0.25, 0.3) is 32.1 Å². The van der Waals surface area contributed by atoms with Gasteiger partial charge >= 0.3 is 6.01 Å². The van der Waals surface area contributed by atoms with E-state index in [4.69, 9.17) is 37.5 Å². The van der Waals surface area contributed by atoms with Crippen molar-refractivity contribution < 1.29 is 18.3 Å². The van der Waals surface area contributed by atoms with E-state index in [1.165, 1.54) is 12.1 Å². The van der Waals surface area contributed by atoms with Gasteiger partial charge < -0.3 is 25.8 Å². The number of thiophene rings is 1. The smallest absolute Gasteiger partial charge is 0.319 e. The number of rotatable bonds is 6. The molecule has 0 radical (unpaired) electrons. The van der Waals surface area contributed by atoms with Gasteiger partial charge in [-0.15, -0.1) is 11.3 Å². The van der Waals surface area contributed by atoms with E-state index in [0.717, 1.165) is 42.6 Å². The van der Waals surface area contributed by atoms with Gasteiger partial charge in [0.1, 0.15) is 47.3 Å². The first kappa shape index (κ1) is 30.8. The first-order valence-corrected chi connectivity index (χ1v) is 16.9. The molecule has 14 heteroatoms. The number of benzene rings is 2. The van der Waals surface area contributed by atoms with Crippen LogP contribution in [0.15, 0.2) is 30.5 Å². The zero-order valence-corrected chi connectivity index (χ0v) is 27.8. The Morgan fingerprint density at radius 2 is 2.00 bits per heavy atom. The zero-order chi connectivity index (χ0) is 33.5. The van der Waals surface area contributed by atoms with E-state index in [0.29, 0.717) is 30.8 Å². The second-order valence-corrected chi connectivity index (χ2v) is 14.1. The van der Waals surface area contributed by atoms with Crippen LogP contribution in [0.2, 0.25) is 5.02 Å². The molecule has 246 valence electrons. The van der Waals surface area contributed by atoms with Gasteiger partial charge in [-0.25, -0.2) is 13.8 Å². The van der Waals surface area contributed by atoms with Gasteiger partial charge in [0, 0.05) is 28.8 Å². The van der Waals surface area contributed by atoms with Gasteiger partial charge in [0.05, 0.1) is 38.8 Å². The summed E-state index contributed by atoms with van der Waals surface area (Å²) < 4.78 is 45.0. The third kappa shape index (κ3) is 4.46. The zero-order valence-electron chi connectivity index (χ0n) is 26.2. The van der Waals surface area contributed by atoms with Crippen molar-refractivity contribution in [2.75, 3.05) is 43.2 Å². The lowest BCUT2D eigenvalue weighted by Crippen LogP contribution is -2.43. The van der Waals surface area contributed by atoms with E-state index >= 15 is 8.78 Å². The summed E-state index contributed by atoms with van der Waals surface area (Å²) in [6.07, 6.45) is 5.81. The highest BCUT2D eigenvalue weighted by Crippen LogP contribution is 2.52. The van der Waals surface area contributed by atoms with Crippen LogP contribution in [0.4, 0.5) is 25.4 Å². The van der Waals surface area contributed by atoms with Crippen molar-refractivity contribution >= 4 is 60.6 Å². The Balaban J connectivity index is 1.36. The number of likely N-dealkylation sites (N-methyl/N-ethyl adjacent to an activating group) is 1. The van der Waals surface area contributed by atoms with Gasteiger partial charge in [0.25, 0.3) is 0 Å². The minimum atomic E-state index is -0.787. The first-order chi connectivity index (χ1) is 23.1. The lowest BCUT2D eigenvalue weighted by Gasteiger charge is -2.32. The third-order valence-electron chi connectivity index (χ3n) is 10.4. The quantitative estimate of drug-likeness (QED) is 0.195. The van der Waals surface area contributed by atoms with Crippen molar-refractivity contribution in [1.82, 2.24) is 19.9 Å². The van der Waals surface area contributed by atoms with Crippen molar-refractivity contribution in [2.24, 2.45) is 0 Å². The molecule has 1 atom stereocenters. The fourth-order valence-electron chi connectivity index (χ4n) is 7.78. The highest BCUT2D eigenvalue weighted by molar-refractivity contribution is 7.23. The van der Waals surface area contributed by atoms with Crippen molar-refractivity contribution in [1.29, 1.82) is 5.26 Å². The number of nitrogens with two attached hydrogens (primary N) is 2. The number of nitrogen functional groups attached to an aromatic ring is 2. The van der Waals surface area contributed by atoms with Crippen LogP contribution in [0.3, 0.4) is 0 Å². The highest BCUT2D eigenvalue weighted by Gasteiger charge is 2.50. The molecule has 3 aromatic heterocycles. The minimum absolute atomic E-state index is 0.00810. The maximum Gasteiger partial charge on any atom is 0.319 e. The molecule has 10 nitrogen and oxygen atoms in total. The number of halogens is 3. The third-order valence-corrected chi connectivity index (χ3v) is 11.8. The Kier molecular flexibility index (Phi) is 7.24. The van der Waals surface area contributed by atoms with Gasteiger partial charge in [-0.1, -0.05) is 23.7 Å². The lowest BCUT2D eigenvalue weighted by atomic mass is 9.88. The molecule has 4 N–H and O–H groups in total. The molecule has 0 unspecified atom stereocenters. The molecule has 2 saturated heterocycles. The Morgan fingerprint density at radius 3 is 2.71 bits per heavy atom. The SMILES string of the molecule is C[C@H](c1cccnc1N)N1CCOc2c(Cl)c(-c3ccc(F)c4sc(N)c(C#N)c34)c(F)c3nc(OCC45CCC(CC4)N5C)nc1c23. The average Bonchev–Trinajstić information content (AvgIpc) is 3.64. The minimum Gasteiger partial charge on any atom is -0.489 e. The number of hydrogen-bond donors (Lipinski definition) is 2. The second kappa shape index (κ2) is 11.3. The van der Waals surface area contributed by atoms with Crippen LogP contribution in [0.1, 0.15) is 49.8 Å². The van der Waals surface area contributed by atoms with E-state index < -0.39 is 11.6 Å². The normalized spacial score (nSPS) is 21.0. The van der Waals surface area contributed by atoms with Gasteiger partial charge in [-0.2, -0.15) is 15.2 Å². The number of aromatic nitrogens is 3. The predicted octanol–water partition coefficient (Wildman–Crippen LogP) is 6.84. The molecule has 2 aromatic carbocycles. The molecule has 3 aliphatic rings. The lowest BCUT2D eigenvalue weighted by molar-refractivity contribution is 0.107. The fourth-order valence-corrected chi connectivity index (χ4v) is 9.06. The Labute approximate surface area is 283 Å². The van der Waals surface area contributed by atoms with E-state index in [1.807, 2.05) is 24.0 Å². The number of pyridine rings is 1. The summed E-state index contributed by atoms with van der Waals surface area (Å²) in [5.74, 6) is -0.465. The van der Waals surface area contributed by atoms with Crippen molar-refractivity contribution in [2.45, 2.75) is 50.2 Å². The van der Waals surface area contributed by atoms with Gasteiger partial charge in [0.15, 0.2) is 11.6 Å². The molecular formula is C34H31ClF2N8O2S. The van der Waals surface area contributed by atoms with E-state index in [-0.39, 0.29) is 77.7 Å². The summed E-state index contributed by atoms with van der Waals surface area (Å²) >= 11 is 7.97.